The number of rotatable bonds is 25. The van der Waals surface area contributed by atoms with Crippen molar-refractivity contribution in [3.63, 3.8) is 0 Å². The summed E-state index contributed by atoms with van der Waals surface area (Å²) in [6, 6.07) is 1.06. The molecule has 7 amide bonds. The van der Waals surface area contributed by atoms with Crippen molar-refractivity contribution in [1.82, 2.24) is 40.0 Å². The first kappa shape index (κ1) is 57.7. The zero-order chi connectivity index (χ0) is 52.2. The number of likely N-dealkylation sites (N-methyl/N-ethyl adjacent to an activating group) is 6. The van der Waals surface area contributed by atoms with Gasteiger partial charge in [-0.05, 0) is 83.7 Å². The van der Waals surface area contributed by atoms with E-state index in [2.05, 4.69) is 10.6 Å². The van der Waals surface area contributed by atoms with E-state index in [1.54, 1.807) is 27.8 Å². The van der Waals surface area contributed by atoms with Crippen molar-refractivity contribution in [3.8, 4) is 0 Å². The molecule has 19 nitrogen and oxygen atoms in total. The highest BCUT2D eigenvalue weighted by molar-refractivity contribution is 5.99. The van der Waals surface area contributed by atoms with Gasteiger partial charge in [-0.25, -0.2) is 0 Å². The molecule has 1 aliphatic heterocycles. The lowest BCUT2D eigenvalue weighted by molar-refractivity contribution is -0.161. The summed E-state index contributed by atoms with van der Waals surface area (Å²) in [5, 5.41) is 25.4. The number of nitrogens with one attached hydrogen (secondary N) is 2. The number of carboxylic acid groups (broad SMARTS) is 2. The zero-order valence-electron chi connectivity index (χ0n) is 43.2. The van der Waals surface area contributed by atoms with Gasteiger partial charge in [-0.15, -0.1) is 0 Å². The molecule has 0 aromatic heterocycles. The van der Waals surface area contributed by atoms with Gasteiger partial charge in [0.2, 0.25) is 41.4 Å². The maximum absolute atomic E-state index is 14.7. The van der Waals surface area contributed by atoms with Crippen molar-refractivity contribution in [1.29, 1.82) is 0 Å². The van der Waals surface area contributed by atoms with Crippen LogP contribution in [-0.2, 0) is 49.6 Å². The summed E-state index contributed by atoms with van der Waals surface area (Å²) in [6.07, 6.45) is 3.81. The van der Waals surface area contributed by atoms with Crippen LogP contribution in [0.2, 0.25) is 0 Å². The number of hydrogen-bond acceptors (Lipinski definition) is 10. The minimum absolute atomic E-state index is 0.0256. The summed E-state index contributed by atoms with van der Waals surface area (Å²) in [5.74, 6) is -7.16. The third-order valence-electron chi connectivity index (χ3n) is 14.5. The SMILES string of the molecule is CC[C@H](C)[C@H](NC(=O)[C@](C)(CC(C)C)N(C)C(=O)[C@H](CC(=O)O)N(C)C(=O)C(NC)C1CCCC1)C(=O)N(C)[C@@H](C)C(=O)N1CC[C@H]1C(=O)N(CC)[C@@H](Cc1ccc(C)cc1)C(=O)N(C)CC(=O)O. The highest BCUT2D eigenvalue weighted by Gasteiger charge is 2.48. The summed E-state index contributed by atoms with van der Waals surface area (Å²) in [4.78, 5) is 131. The lowest BCUT2D eigenvalue weighted by atomic mass is 9.86. The predicted molar refractivity (Wildman–Crippen MR) is 259 cm³/mol. The fourth-order valence-corrected chi connectivity index (χ4v) is 9.66. The number of benzene rings is 1. The molecule has 0 spiro atoms. The fourth-order valence-electron chi connectivity index (χ4n) is 9.66. The lowest BCUT2D eigenvalue weighted by Gasteiger charge is -2.46. The highest BCUT2D eigenvalue weighted by atomic mass is 16.4. The fraction of sp³-hybridized carbons (Fsp3) is 0.700. The lowest BCUT2D eigenvalue weighted by Crippen LogP contribution is -2.66. The Hall–Kier alpha value is -5.59. The summed E-state index contributed by atoms with van der Waals surface area (Å²) in [7, 11) is 7.26. The Labute approximate surface area is 408 Å². The minimum atomic E-state index is -1.64. The molecule has 2 fully saturated rings. The number of aryl methyl sites for hydroxylation is 1. The van der Waals surface area contributed by atoms with E-state index in [0.29, 0.717) is 12.8 Å². The van der Waals surface area contributed by atoms with Gasteiger partial charge < -0.3 is 50.2 Å². The quantitative estimate of drug-likeness (QED) is 0.111. The number of carbonyl (C=O) groups is 9. The molecule has 0 bridgehead atoms. The Balaban J connectivity index is 1.89. The molecule has 1 aromatic rings. The Bertz CT molecular complexity index is 2010. The van der Waals surface area contributed by atoms with Crippen LogP contribution in [0.5, 0.6) is 0 Å². The molecule has 1 aromatic carbocycles. The number of carbonyl (C=O) groups excluding carboxylic acids is 7. The Morgan fingerprint density at radius 2 is 1.39 bits per heavy atom. The summed E-state index contributed by atoms with van der Waals surface area (Å²) in [5.41, 5.74) is 0.118. The third kappa shape index (κ3) is 14.0. The molecular formula is C50H80N8O11. The van der Waals surface area contributed by atoms with Crippen molar-refractivity contribution in [2.75, 3.05) is 54.9 Å². The maximum Gasteiger partial charge on any atom is 0.323 e. The first-order chi connectivity index (χ1) is 32.3. The van der Waals surface area contributed by atoms with E-state index in [4.69, 9.17) is 0 Å². The number of carboxylic acids is 2. The Kier molecular flexibility index (Phi) is 21.2. The topological polar surface area (TPSA) is 238 Å². The molecule has 1 aliphatic carbocycles. The van der Waals surface area contributed by atoms with E-state index in [9.17, 15) is 53.4 Å². The smallest absolute Gasteiger partial charge is 0.323 e. The number of nitrogens with zero attached hydrogens (tertiary/aromatic N) is 6. The van der Waals surface area contributed by atoms with Crippen LogP contribution in [0.1, 0.15) is 111 Å². The number of likely N-dealkylation sites (tertiary alicyclic amines) is 1. The van der Waals surface area contributed by atoms with E-state index < -0.39 is 114 Å². The van der Waals surface area contributed by atoms with Crippen molar-refractivity contribution in [2.45, 2.75) is 155 Å². The van der Waals surface area contributed by atoms with Gasteiger partial charge in [0, 0.05) is 47.7 Å². The van der Waals surface area contributed by atoms with Gasteiger partial charge in [-0.1, -0.05) is 76.8 Å². The van der Waals surface area contributed by atoms with Crippen molar-refractivity contribution in [3.05, 3.63) is 35.4 Å². The Morgan fingerprint density at radius 1 is 0.797 bits per heavy atom. The number of hydrogen-bond donors (Lipinski definition) is 4. The van der Waals surface area contributed by atoms with Gasteiger partial charge in [-0.2, -0.15) is 0 Å². The molecule has 0 radical (unpaired) electrons. The third-order valence-corrected chi connectivity index (χ3v) is 14.5. The zero-order valence-corrected chi connectivity index (χ0v) is 43.2. The first-order valence-corrected chi connectivity index (χ1v) is 24.4. The van der Waals surface area contributed by atoms with E-state index in [0.717, 1.165) is 41.7 Å². The first-order valence-electron chi connectivity index (χ1n) is 24.4. The summed E-state index contributed by atoms with van der Waals surface area (Å²) < 4.78 is 0. The average molecular weight is 969 g/mol. The molecule has 19 heteroatoms. The van der Waals surface area contributed by atoms with E-state index in [-0.39, 0.29) is 37.8 Å². The van der Waals surface area contributed by atoms with Gasteiger partial charge in [0.25, 0.3) is 0 Å². The second kappa shape index (κ2) is 25.3. The molecule has 1 heterocycles. The predicted octanol–water partition coefficient (Wildman–Crippen LogP) is 2.62. The summed E-state index contributed by atoms with van der Waals surface area (Å²) in [6.45, 7) is 13.8. The Morgan fingerprint density at radius 3 is 1.87 bits per heavy atom. The van der Waals surface area contributed by atoms with E-state index in [1.165, 1.54) is 59.6 Å². The molecule has 2 aliphatic rings. The molecular weight excluding hydrogens is 889 g/mol. The minimum Gasteiger partial charge on any atom is -0.481 e. The molecule has 3 rings (SSSR count). The largest absolute Gasteiger partial charge is 0.481 e. The molecule has 1 saturated heterocycles. The van der Waals surface area contributed by atoms with Crippen LogP contribution in [0.15, 0.2) is 24.3 Å². The molecule has 1 unspecified atom stereocenters. The molecule has 1 saturated carbocycles. The molecule has 4 N–H and O–H groups in total. The second-order valence-electron chi connectivity index (χ2n) is 19.9. The molecule has 8 atom stereocenters. The van der Waals surface area contributed by atoms with Crippen LogP contribution in [-0.4, -0.2) is 190 Å². The number of amides is 7. The van der Waals surface area contributed by atoms with Gasteiger partial charge >= 0.3 is 11.9 Å². The monoisotopic (exact) mass is 969 g/mol. The molecule has 386 valence electrons. The van der Waals surface area contributed by atoms with Crippen molar-refractivity contribution < 1.29 is 53.4 Å². The van der Waals surface area contributed by atoms with Crippen LogP contribution >= 0.6 is 0 Å². The average Bonchev–Trinajstić information content (AvgIpc) is 3.82. The second-order valence-corrected chi connectivity index (χ2v) is 19.9. The van der Waals surface area contributed by atoms with Gasteiger partial charge in [0.1, 0.15) is 42.3 Å². The van der Waals surface area contributed by atoms with Crippen LogP contribution < -0.4 is 10.6 Å². The normalized spacial score (nSPS) is 18.3. The number of aliphatic carboxylic acids is 2. The standard InChI is InChI=1S/C50H80N8O11/c1-14-32(6)41(52-49(69)50(8,28-30(3)4)56(13)45(65)37(27-39(59)60)55(12)48(68)42(51-9)35-18-16-17-19-35)47(67)54(11)33(7)43(63)58-25-24-36(58)46(66)57(15-2)38(44(64)53(10)29-40(61)62)26-34-22-20-31(5)21-23-34/h20-23,30,32-33,35-38,41-42,51H,14-19,24-29H2,1-13H3,(H,52,69)(H,59,60)(H,61,62)/t32-,33-,36-,37-,38-,41-,42?,50-/m0/s1. The van der Waals surface area contributed by atoms with Crippen LogP contribution in [0, 0.1) is 24.7 Å². The van der Waals surface area contributed by atoms with Gasteiger partial charge in [0.15, 0.2) is 0 Å². The van der Waals surface area contributed by atoms with Crippen molar-refractivity contribution in [2.24, 2.45) is 17.8 Å². The molecule has 69 heavy (non-hydrogen) atoms. The highest BCUT2D eigenvalue weighted by Crippen LogP contribution is 2.31. The van der Waals surface area contributed by atoms with Crippen LogP contribution in [0.3, 0.4) is 0 Å². The van der Waals surface area contributed by atoms with Gasteiger partial charge in [-0.3, -0.25) is 43.2 Å². The van der Waals surface area contributed by atoms with Crippen LogP contribution in [0.25, 0.3) is 0 Å². The summed E-state index contributed by atoms with van der Waals surface area (Å²) >= 11 is 0. The van der Waals surface area contributed by atoms with Crippen molar-refractivity contribution >= 4 is 53.3 Å². The van der Waals surface area contributed by atoms with Crippen LogP contribution in [0.4, 0.5) is 0 Å². The van der Waals surface area contributed by atoms with E-state index >= 15 is 0 Å². The van der Waals surface area contributed by atoms with E-state index in [1.807, 2.05) is 52.0 Å². The maximum atomic E-state index is 14.7. The van der Waals surface area contributed by atoms with Gasteiger partial charge in [0.05, 0.1) is 12.5 Å².